The predicted octanol–water partition coefficient (Wildman–Crippen LogP) is 1.48. The molecule has 2 aliphatic heterocycles. The monoisotopic (exact) mass is 344 g/mol. The molecule has 1 aromatic carbocycles. The Labute approximate surface area is 153 Å². The van der Waals surface area contributed by atoms with Gasteiger partial charge in [0.1, 0.15) is 37.5 Å². The lowest BCUT2D eigenvalue weighted by Crippen LogP contribution is -3.32. The van der Waals surface area contributed by atoms with Crippen molar-refractivity contribution in [2.75, 3.05) is 26.2 Å². The summed E-state index contributed by atoms with van der Waals surface area (Å²) in [5, 5.41) is 0. The lowest BCUT2D eigenvalue weighted by Gasteiger charge is -2.44. The van der Waals surface area contributed by atoms with Crippen molar-refractivity contribution in [1.29, 1.82) is 0 Å². The Kier molecular flexibility index (Phi) is 5.62. The van der Waals surface area contributed by atoms with Crippen LogP contribution >= 0.6 is 0 Å². The van der Waals surface area contributed by atoms with Crippen molar-refractivity contribution in [1.82, 2.24) is 0 Å². The Hall–Kier alpha value is -1.06. The topological polar surface area (TPSA) is 18.1 Å². The molecule has 138 valence electrons. The molecular weight excluding hydrogens is 308 g/mol. The highest BCUT2D eigenvalue weighted by Crippen LogP contribution is 2.28. The fourth-order valence-electron chi connectivity index (χ4n) is 6.01. The zero-order valence-electron chi connectivity index (χ0n) is 15.9. The van der Waals surface area contributed by atoms with E-state index >= 15 is 0 Å². The van der Waals surface area contributed by atoms with Gasteiger partial charge in [0.25, 0.3) is 0 Å². The van der Waals surface area contributed by atoms with Crippen molar-refractivity contribution in [2.45, 2.75) is 70.5 Å². The predicted molar refractivity (Wildman–Crippen MR) is 101 cm³/mol. The summed E-state index contributed by atoms with van der Waals surface area (Å²) in [5.41, 5.74) is 1.42. The number of para-hydroxylation sites is 1. The molecule has 4 atom stereocenters. The molecule has 2 saturated heterocycles. The second-order valence-electron chi connectivity index (χ2n) is 8.46. The Balaban J connectivity index is 1.56. The second kappa shape index (κ2) is 8.09. The van der Waals surface area contributed by atoms with Crippen LogP contribution < -0.4 is 14.5 Å². The number of ether oxygens (including phenoxy) is 1. The fourth-order valence-corrected chi connectivity index (χ4v) is 6.01. The molecule has 3 heteroatoms. The third-order valence-corrected chi connectivity index (χ3v) is 7.06. The Morgan fingerprint density at radius 2 is 1.80 bits per heavy atom. The molecule has 25 heavy (non-hydrogen) atoms. The van der Waals surface area contributed by atoms with Crippen molar-refractivity contribution in [3.8, 4) is 5.75 Å². The average Bonchev–Trinajstić information content (AvgIpc) is 3.13. The smallest absolute Gasteiger partial charge is 0.143 e. The van der Waals surface area contributed by atoms with E-state index < -0.39 is 0 Å². The van der Waals surface area contributed by atoms with E-state index in [-0.39, 0.29) is 0 Å². The zero-order chi connectivity index (χ0) is 17.1. The second-order valence-corrected chi connectivity index (χ2v) is 8.46. The SMILES string of the molecule is CCOc1ccccc1C[NH+]1CC[NH+]2CCC[C@@H]2[C@@H]1C1CCCCC1. The molecule has 4 rings (SSSR count). The van der Waals surface area contributed by atoms with Gasteiger partial charge in [0.15, 0.2) is 0 Å². The number of piperazine rings is 1. The van der Waals surface area contributed by atoms with Gasteiger partial charge >= 0.3 is 0 Å². The lowest BCUT2D eigenvalue weighted by molar-refractivity contribution is -1.05. The summed E-state index contributed by atoms with van der Waals surface area (Å²) in [6.45, 7) is 8.15. The largest absolute Gasteiger partial charge is 0.493 e. The van der Waals surface area contributed by atoms with Crippen LogP contribution in [0, 0.1) is 5.92 Å². The maximum absolute atomic E-state index is 5.93. The molecular formula is C22H36N2O+2. The van der Waals surface area contributed by atoms with E-state index in [1.807, 2.05) is 9.80 Å². The number of benzene rings is 1. The van der Waals surface area contributed by atoms with E-state index in [1.54, 1.807) is 0 Å². The zero-order valence-corrected chi connectivity index (χ0v) is 15.9. The van der Waals surface area contributed by atoms with Crippen LogP contribution in [0.3, 0.4) is 0 Å². The summed E-state index contributed by atoms with van der Waals surface area (Å²) in [5.74, 6) is 2.07. The van der Waals surface area contributed by atoms with Gasteiger partial charge in [-0.1, -0.05) is 31.4 Å². The Morgan fingerprint density at radius 3 is 2.64 bits per heavy atom. The summed E-state index contributed by atoms with van der Waals surface area (Å²) >= 11 is 0. The number of hydrogen-bond acceptors (Lipinski definition) is 1. The molecule has 1 aliphatic carbocycles. The maximum atomic E-state index is 5.93. The van der Waals surface area contributed by atoms with E-state index in [1.165, 1.54) is 70.1 Å². The van der Waals surface area contributed by atoms with Gasteiger partial charge in [-0.2, -0.15) is 0 Å². The van der Waals surface area contributed by atoms with Crippen molar-refractivity contribution in [2.24, 2.45) is 5.92 Å². The minimum absolute atomic E-state index is 0.763. The third-order valence-electron chi connectivity index (χ3n) is 7.06. The number of fused-ring (bicyclic) bond motifs is 1. The van der Waals surface area contributed by atoms with Gasteiger partial charge in [-0.3, -0.25) is 0 Å². The van der Waals surface area contributed by atoms with E-state index in [2.05, 4.69) is 31.2 Å². The first-order valence-electron chi connectivity index (χ1n) is 10.8. The van der Waals surface area contributed by atoms with Gasteiger partial charge in [-0.05, 0) is 31.9 Å². The van der Waals surface area contributed by atoms with E-state index in [4.69, 9.17) is 4.74 Å². The number of rotatable bonds is 5. The first-order chi connectivity index (χ1) is 12.4. The van der Waals surface area contributed by atoms with Crippen molar-refractivity contribution in [3.05, 3.63) is 29.8 Å². The number of hydrogen-bond donors (Lipinski definition) is 2. The maximum Gasteiger partial charge on any atom is 0.143 e. The third kappa shape index (κ3) is 3.73. The van der Waals surface area contributed by atoms with Crippen molar-refractivity contribution >= 4 is 0 Å². The molecule has 2 N–H and O–H groups in total. The van der Waals surface area contributed by atoms with E-state index in [9.17, 15) is 0 Å². The van der Waals surface area contributed by atoms with Gasteiger partial charge in [-0.15, -0.1) is 0 Å². The quantitative estimate of drug-likeness (QED) is 0.828. The highest BCUT2D eigenvalue weighted by Gasteiger charge is 2.49. The van der Waals surface area contributed by atoms with Crippen molar-refractivity contribution < 1.29 is 14.5 Å². The molecule has 0 aromatic heterocycles. The molecule has 3 nitrogen and oxygen atoms in total. The Morgan fingerprint density at radius 1 is 0.960 bits per heavy atom. The summed E-state index contributed by atoms with van der Waals surface area (Å²) in [7, 11) is 0. The average molecular weight is 345 g/mol. The molecule has 3 aliphatic rings. The Bertz CT molecular complexity index is 555. The molecule has 1 aromatic rings. The lowest BCUT2D eigenvalue weighted by atomic mass is 9.78. The van der Waals surface area contributed by atoms with Crippen LogP contribution in [-0.2, 0) is 6.54 Å². The van der Waals surface area contributed by atoms with Crippen LogP contribution in [0.4, 0.5) is 0 Å². The minimum Gasteiger partial charge on any atom is -0.493 e. The summed E-state index contributed by atoms with van der Waals surface area (Å²) in [6, 6.07) is 10.5. The number of nitrogens with one attached hydrogen (secondary N) is 2. The molecule has 1 saturated carbocycles. The normalized spacial score (nSPS) is 33.2. The number of quaternary nitrogens is 2. The molecule has 3 fully saturated rings. The van der Waals surface area contributed by atoms with Gasteiger partial charge in [0, 0.05) is 24.3 Å². The molecule has 0 spiro atoms. The summed E-state index contributed by atoms with van der Waals surface area (Å²) in [4.78, 5) is 3.78. The molecule has 0 bridgehead atoms. The highest BCUT2D eigenvalue weighted by atomic mass is 16.5. The van der Waals surface area contributed by atoms with Gasteiger partial charge in [0.05, 0.1) is 13.2 Å². The van der Waals surface area contributed by atoms with Crippen LogP contribution in [0.5, 0.6) is 5.75 Å². The first-order valence-corrected chi connectivity index (χ1v) is 10.8. The highest BCUT2D eigenvalue weighted by molar-refractivity contribution is 5.32. The van der Waals surface area contributed by atoms with Gasteiger partial charge in [-0.25, -0.2) is 0 Å². The van der Waals surface area contributed by atoms with Crippen LogP contribution in [0.25, 0.3) is 0 Å². The van der Waals surface area contributed by atoms with Crippen LogP contribution in [0.1, 0.15) is 57.4 Å². The fraction of sp³-hybridized carbons (Fsp3) is 0.727. The van der Waals surface area contributed by atoms with E-state index in [0.29, 0.717) is 0 Å². The minimum atomic E-state index is 0.763. The van der Waals surface area contributed by atoms with E-state index in [0.717, 1.165) is 36.9 Å². The molecule has 2 unspecified atom stereocenters. The molecule has 0 amide bonds. The van der Waals surface area contributed by atoms with Crippen LogP contribution in [0.15, 0.2) is 24.3 Å². The van der Waals surface area contributed by atoms with Gasteiger partial charge in [0.2, 0.25) is 0 Å². The summed E-state index contributed by atoms with van der Waals surface area (Å²) in [6.07, 6.45) is 10.3. The van der Waals surface area contributed by atoms with Crippen LogP contribution in [0.2, 0.25) is 0 Å². The van der Waals surface area contributed by atoms with Crippen molar-refractivity contribution in [3.63, 3.8) is 0 Å². The standard InChI is InChI=1S/C22H34N2O/c1-2-25-21-13-7-6-11-19(21)17-24-16-15-23-14-8-12-20(23)22(24)18-9-4-3-5-10-18/h6-7,11,13,18,20,22H,2-5,8-10,12,14-17H2,1H3/p+2/t20-,22+/m1/s1. The molecule has 2 heterocycles. The van der Waals surface area contributed by atoms with Crippen LogP contribution in [-0.4, -0.2) is 38.3 Å². The summed E-state index contributed by atoms with van der Waals surface area (Å²) < 4.78 is 5.93. The van der Waals surface area contributed by atoms with Gasteiger partial charge < -0.3 is 14.5 Å². The first kappa shape index (κ1) is 17.4. The molecule has 0 radical (unpaired) electrons.